The van der Waals surface area contributed by atoms with Gasteiger partial charge in [-0.3, -0.25) is 4.90 Å². The van der Waals surface area contributed by atoms with E-state index >= 15 is 0 Å². The molecule has 0 unspecified atom stereocenters. The van der Waals surface area contributed by atoms with Crippen LogP contribution in [0.15, 0.2) is 30.3 Å². The average Bonchev–Trinajstić information content (AvgIpc) is 3.02. The lowest BCUT2D eigenvalue weighted by Gasteiger charge is -2.51. The number of aliphatic hydroxyl groups is 1. The fraction of sp³-hybridized carbons (Fsp3) is 0.741. The molecule has 2 aliphatic heterocycles. The van der Waals surface area contributed by atoms with Gasteiger partial charge < -0.3 is 19.6 Å². The molecule has 0 atom stereocenters. The molecule has 1 N–H and O–H groups in total. The normalized spacial score (nSPS) is 32.5. The average molecular weight is 456 g/mol. The quantitative estimate of drug-likeness (QED) is 0.708. The van der Waals surface area contributed by atoms with E-state index in [1.165, 1.54) is 24.8 Å². The molecule has 2 saturated carbocycles. The molecule has 2 heterocycles. The maximum absolute atomic E-state index is 13.7. The van der Waals surface area contributed by atoms with Gasteiger partial charge in [-0.1, -0.05) is 36.8 Å². The summed E-state index contributed by atoms with van der Waals surface area (Å²) in [5, 5.41) is 11.2. The number of rotatable bonds is 6. The van der Waals surface area contributed by atoms with Crippen LogP contribution in [0.25, 0.3) is 0 Å². The summed E-state index contributed by atoms with van der Waals surface area (Å²) in [6, 6.07) is 11.0. The van der Waals surface area contributed by atoms with E-state index in [1.807, 2.05) is 4.90 Å². The molecule has 4 fully saturated rings. The second-order valence-corrected chi connectivity index (χ2v) is 11.4. The third-order valence-electron chi connectivity index (χ3n) is 9.31. The van der Waals surface area contributed by atoms with Crippen molar-refractivity contribution in [2.75, 3.05) is 46.9 Å². The summed E-state index contributed by atoms with van der Waals surface area (Å²) in [6.45, 7) is 3.24. The number of hydrogen-bond acceptors (Lipinski definition) is 4. The largest absolute Gasteiger partial charge is 0.388 e. The van der Waals surface area contributed by atoms with Gasteiger partial charge in [0.25, 0.3) is 0 Å². The van der Waals surface area contributed by atoms with E-state index in [0.29, 0.717) is 38.5 Å². The minimum atomic E-state index is -0.812. The van der Waals surface area contributed by atoms with Gasteiger partial charge in [-0.25, -0.2) is 4.79 Å². The predicted molar refractivity (Wildman–Crippen MR) is 129 cm³/mol. The molecule has 6 nitrogen and oxygen atoms in total. The lowest BCUT2D eigenvalue weighted by Crippen LogP contribution is -2.56. The van der Waals surface area contributed by atoms with Gasteiger partial charge in [-0.15, -0.1) is 0 Å². The van der Waals surface area contributed by atoms with Crippen LogP contribution in [0.4, 0.5) is 4.79 Å². The number of amides is 2. The van der Waals surface area contributed by atoms with Crippen LogP contribution in [0.3, 0.4) is 0 Å². The first kappa shape index (κ1) is 23.1. The van der Waals surface area contributed by atoms with Crippen molar-refractivity contribution in [2.24, 2.45) is 5.92 Å². The molecule has 0 radical (unpaired) electrons. The minimum absolute atomic E-state index is 0.0179. The Balaban J connectivity index is 1.38. The summed E-state index contributed by atoms with van der Waals surface area (Å²) in [6.07, 6.45) is 9.12. The number of nitrogens with zero attached hydrogens (tertiary/aromatic N) is 3. The summed E-state index contributed by atoms with van der Waals surface area (Å²) < 4.78 is 5.47. The molecule has 1 aromatic carbocycles. The Labute approximate surface area is 198 Å². The molecular weight excluding hydrogens is 414 g/mol. The molecule has 0 aromatic heterocycles. The fourth-order valence-corrected chi connectivity index (χ4v) is 6.77. The van der Waals surface area contributed by atoms with Gasteiger partial charge in [0.1, 0.15) is 0 Å². The van der Waals surface area contributed by atoms with Gasteiger partial charge in [0.15, 0.2) is 0 Å². The van der Waals surface area contributed by atoms with Gasteiger partial charge >= 0.3 is 6.03 Å². The highest BCUT2D eigenvalue weighted by Crippen LogP contribution is 2.50. The molecule has 33 heavy (non-hydrogen) atoms. The molecule has 1 spiro atoms. The van der Waals surface area contributed by atoms with Crippen LogP contribution in [0, 0.1) is 5.92 Å². The van der Waals surface area contributed by atoms with Crippen LogP contribution in [0.1, 0.15) is 63.4 Å². The second-order valence-electron chi connectivity index (χ2n) is 11.4. The number of hydrogen-bond donors (Lipinski definition) is 1. The van der Waals surface area contributed by atoms with Crippen molar-refractivity contribution in [3.05, 3.63) is 35.9 Å². The van der Waals surface area contributed by atoms with E-state index in [4.69, 9.17) is 4.74 Å². The number of carbonyl (C=O) groups is 1. The van der Waals surface area contributed by atoms with E-state index in [9.17, 15) is 9.90 Å². The van der Waals surface area contributed by atoms with Crippen molar-refractivity contribution in [1.82, 2.24) is 14.7 Å². The van der Waals surface area contributed by atoms with Crippen LogP contribution < -0.4 is 0 Å². The molecule has 2 saturated heterocycles. The highest BCUT2D eigenvalue weighted by atomic mass is 16.5. The molecular formula is C27H41N3O3. The Morgan fingerprint density at radius 1 is 1.03 bits per heavy atom. The minimum Gasteiger partial charge on any atom is -0.388 e. The zero-order valence-electron chi connectivity index (χ0n) is 20.5. The first-order chi connectivity index (χ1) is 15.9. The second kappa shape index (κ2) is 8.86. The van der Waals surface area contributed by atoms with Gasteiger partial charge in [-0.05, 0) is 64.1 Å². The first-order valence-corrected chi connectivity index (χ1v) is 13.0. The molecule has 2 amide bonds. The summed E-state index contributed by atoms with van der Waals surface area (Å²) in [4.78, 5) is 20.3. The zero-order chi connectivity index (χ0) is 23.1. The summed E-state index contributed by atoms with van der Waals surface area (Å²) in [5.74, 6) is 0.645. The van der Waals surface area contributed by atoms with Gasteiger partial charge in [0, 0.05) is 44.7 Å². The van der Waals surface area contributed by atoms with Crippen molar-refractivity contribution in [2.45, 2.75) is 74.5 Å². The summed E-state index contributed by atoms with van der Waals surface area (Å²) in [5.41, 5.74) is 0.480. The smallest absolute Gasteiger partial charge is 0.320 e. The van der Waals surface area contributed by atoms with Gasteiger partial charge in [-0.2, -0.15) is 0 Å². The van der Waals surface area contributed by atoms with E-state index in [2.05, 4.69) is 54.2 Å². The standard InChI is InChI=1S/C27H41N3O3/c1-28(2)27(23-9-4-3-5-10-23)13-11-25(12-14-27)20-29(21-26(32)15-17-33-18-16-26)24(31)30(25)19-22-7-6-8-22/h3-5,9-10,22,32H,6-8,11-21H2,1-2H3/t25-,27+. The zero-order valence-corrected chi connectivity index (χ0v) is 20.5. The fourth-order valence-electron chi connectivity index (χ4n) is 6.77. The lowest BCUT2D eigenvalue weighted by molar-refractivity contribution is -0.0739. The van der Waals surface area contributed by atoms with Crippen LogP contribution in [0.5, 0.6) is 0 Å². The highest BCUT2D eigenvalue weighted by Gasteiger charge is 2.55. The number of ether oxygens (including phenoxy) is 1. The third-order valence-corrected chi connectivity index (χ3v) is 9.31. The first-order valence-electron chi connectivity index (χ1n) is 13.0. The van der Waals surface area contributed by atoms with E-state index in [0.717, 1.165) is 38.8 Å². The molecule has 182 valence electrons. The van der Waals surface area contributed by atoms with Crippen molar-refractivity contribution in [1.29, 1.82) is 0 Å². The summed E-state index contributed by atoms with van der Waals surface area (Å²) in [7, 11) is 4.40. The van der Waals surface area contributed by atoms with E-state index < -0.39 is 5.60 Å². The molecule has 0 bridgehead atoms. The van der Waals surface area contributed by atoms with E-state index in [1.54, 1.807) is 0 Å². The molecule has 4 aliphatic rings. The van der Waals surface area contributed by atoms with E-state index in [-0.39, 0.29) is 17.1 Å². The molecule has 1 aromatic rings. The molecule has 5 rings (SSSR count). The highest BCUT2D eigenvalue weighted by molar-refractivity contribution is 5.78. The van der Waals surface area contributed by atoms with Crippen LogP contribution in [-0.4, -0.2) is 83.9 Å². The van der Waals surface area contributed by atoms with Crippen LogP contribution in [-0.2, 0) is 10.3 Å². The maximum Gasteiger partial charge on any atom is 0.320 e. The van der Waals surface area contributed by atoms with Gasteiger partial charge in [0.2, 0.25) is 0 Å². The third kappa shape index (κ3) is 4.19. The topological polar surface area (TPSA) is 56.2 Å². The number of β-amino-alcohol motifs (C(OH)–C–C–N with tert-alkyl or cyclic N) is 1. The predicted octanol–water partition coefficient (Wildman–Crippen LogP) is 3.84. The van der Waals surface area contributed by atoms with Crippen molar-refractivity contribution < 1.29 is 14.6 Å². The Hall–Kier alpha value is -1.63. The SMILES string of the molecule is CN(C)[C@]1(c2ccccc2)CC[C@]2(CC1)CN(CC1(O)CCOCC1)C(=O)N2CC1CCC1. The Morgan fingerprint density at radius 2 is 1.70 bits per heavy atom. The summed E-state index contributed by atoms with van der Waals surface area (Å²) >= 11 is 0. The van der Waals surface area contributed by atoms with Crippen LogP contribution >= 0.6 is 0 Å². The van der Waals surface area contributed by atoms with Crippen LogP contribution in [0.2, 0.25) is 0 Å². The monoisotopic (exact) mass is 455 g/mol. The molecule has 2 aliphatic carbocycles. The number of benzene rings is 1. The van der Waals surface area contributed by atoms with Crippen molar-refractivity contribution in [3.8, 4) is 0 Å². The Bertz CT molecular complexity index is 824. The maximum atomic E-state index is 13.7. The molecule has 6 heteroatoms. The van der Waals surface area contributed by atoms with Crippen molar-refractivity contribution in [3.63, 3.8) is 0 Å². The Morgan fingerprint density at radius 3 is 2.27 bits per heavy atom. The lowest BCUT2D eigenvalue weighted by atomic mass is 9.68. The van der Waals surface area contributed by atoms with Crippen molar-refractivity contribution >= 4 is 6.03 Å². The Kier molecular flexibility index (Phi) is 6.21. The van der Waals surface area contributed by atoms with Gasteiger partial charge in [0.05, 0.1) is 17.7 Å². The number of carbonyl (C=O) groups excluding carboxylic acids is 1. The number of urea groups is 1.